The van der Waals surface area contributed by atoms with Crippen molar-refractivity contribution in [1.29, 1.82) is 0 Å². The third-order valence-electron chi connectivity index (χ3n) is 5.14. The molecule has 1 aromatic rings. The maximum absolute atomic E-state index is 11.9. The molecular weight excluding hydrogens is 386 g/mol. The number of carboxylic acid groups (broad SMARTS) is 1. The van der Waals surface area contributed by atoms with Gasteiger partial charge in [0.25, 0.3) is 0 Å². The average Bonchev–Trinajstić information content (AvgIpc) is 3.13. The molecule has 1 heterocycles. The molecule has 0 spiro atoms. The van der Waals surface area contributed by atoms with E-state index >= 15 is 0 Å². The number of hydrogen-bond acceptors (Lipinski definition) is 5. The molecule has 1 aliphatic heterocycles. The van der Waals surface area contributed by atoms with Crippen LogP contribution in [0.2, 0.25) is 0 Å². The molecule has 30 heavy (non-hydrogen) atoms. The van der Waals surface area contributed by atoms with Crippen molar-refractivity contribution in [3.8, 4) is 0 Å². The van der Waals surface area contributed by atoms with E-state index < -0.39 is 23.7 Å². The topological polar surface area (TPSA) is 94.1 Å². The fourth-order valence-electron chi connectivity index (χ4n) is 3.67. The molecule has 1 amide bonds. The van der Waals surface area contributed by atoms with Gasteiger partial charge in [-0.25, -0.2) is 9.59 Å². The first-order valence-electron chi connectivity index (χ1n) is 10.6. The first kappa shape index (κ1) is 24.2. The van der Waals surface area contributed by atoms with Gasteiger partial charge in [-0.05, 0) is 58.4 Å². The summed E-state index contributed by atoms with van der Waals surface area (Å²) in [6, 6.07) is 9.05. The summed E-state index contributed by atoms with van der Waals surface area (Å²) in [4.78, 5) is 23.4. The zero-order valence-electron chi connectivity index (χ0n) is 18.4. The molecule has 1 aliphatic rings. The number of aliphatic carboxylic acids is 1. The second-order valence-electron chi connectivity index (χ2n) is 8.85. The second-order valence-corrected chi connectivity index (χ2v) is 8.85. The van der Waals surface area contributed by atoms with E-state index in [2.05, 4.69) is 5.32 Å². The van der Waals surface area contributed by atoms with Crippen LogP contribution in [0, 0.1) is 5.92 Å². The molecule has 0 saturated carbocycles. The van der Waals surface area contributed by atoms with Crippen LogP contribution in [0.4, 0.5) is 4.79 Å². The molecule has 0 aromatic heterocycles. The van der Waals surface area contributed by atoms with Crippen molar-refractivity contribution in [3.05, 3.63) is 35.9 Å². The molecule has 7 heteroatoms. The van der Waals surface area contributed by atoms with Crippen LogP contribution in [0.25, 0.3) is 0 Å². The van der Waals surface area contributed by atoms with Crippen molar-refractivity contribution < 1.29 is 28.9 Å². The number of carboxylic acids is 1. The first-order chi connectivity index (χ1) is 14.2. The Labute approximate surface area is 179 Å². The molecule has 7 nitrogen and oxygen atoms in total. The van der Waals surface area contributed by atoms with Crippen molar-refractivity contribution in [2.24, 2.45) is 5.92 Å². The van der Waals surface area contributed by atoms with Gasteiger partial charge in [0.1, 0.15) is 11.6 Å². The molecule has 0 radical (unpaired) electrons. The number of rotatable bonds is 10. The van der Waals surface area contributed by atoms with Crippen molar-refractivity contribution >= 4 is 12.1 Å². The van der Waals surface area contributed by atoms with Crippen LogP contribution in [0.5, 0.6) is 0 Å². The minimum atomic E-state index is -1.06. The predicted octanol–water partition coefficient (Wildman–Crippen LogP) is 4.15. The van der Waals surface area contributed by atoms with E-state index in [9.17, 15) is 14.7 Å². The molecule has 168 valence electrons. The molecule has 0 aliphatic carbocycles. The van der Waals surface area contributed by atoms with E-state index in [-0.39, 0.29) is 12.2 Å². The smallest absolute Gasteiger partial charge is 0.408 e. The lowest BCUT2D eigenvalue weighted by molar-refractivity contribution is -0.139. The Morgan fingerprint density at radius 3 is 2.60 bits per heavy atom. The number of carbonyl (C=O) groups excluding carboxylic acids is 1. The number of alkyl carbamates (subject to hydrolysis) is 1. The van der Waals surface area contributed by atoms with Crippen LogP contribution in [-0.4, -0.2) is 47.6 Å². The monoisotopic (exact) mass is 421 g/mol. The van der Waals surface area contributed by atoms with Crippen molar-refractivity contribution in [3.63, 3.8) is 0 Å². The van der Waals surface area contributed by atoms with Crippen LogP contribution in [-0.2, 0) is 25.6 Å². The quantitative estimate of drug-likeness (QED) is 0.590. The molecule has 2 N–H and O–H groups in total. The van der Waals surface area contributed by atoms with Crippen LogP contribution in [0.15, 0.2) is 30.3 Å². The Kier molecular flexibility index (Phi) is 9.11. The SMILES string of the molecule is C[C@H](OCc1ccccc1)[C@@H]1OCC[C@H]1CCCC(NC(=O)OC(C)(C)C)C(=O)O. The van der Waals surface area contributed by atoms with E-state index in [4.69, 9.17) is 14.2 Å². The van der Waals surface area contributed by atoms with Crippen LogP contribution in [0.3, 0.4) is 0 Å². The first-order valence-corrected chi connectivity index (χ1v) is 10.6. The van der Waals surface area contributed by atoms with Gasteiger partial charge in [-0.3, -0.25) is 0 Å². The Bertz CT molecular complexity index is 672. The van der Waals surface area contributed by atoms with Crippen molar-refractivity contribution in [1.82, 2.24) is 5.32 Å². The van der Waals surface area contributed by atoms with E-state index in [0.29, 0.717) is 32.0 Å². The summed E-state index contributed by atoms with van der Waals surface area (Å²) in [6.07, 6.45) is 2.01. The number of benzene rings is 1. The van der Waals surface area contributed by atoms with Crippen molar-refractivity contribution in [2.45, 2.75) is 83.8 Å². The van der Waals surface area contributed by atoms with Crippen molar-refractivity contribution in [2.75, 3.05) is 6.61 Å². The molecule has 1 aromatic carbocycles. The van der Waals surface area contributed by atoms with Gasteiger partial charge in [-0.1, -0.05) is 36.8 Å². The Hall–Kier alpha value is -2.12. The van der Waals surface area contributed by atoms with Gasteiger partial charge in [-0.2, -0.15) is 0 Å². The summed E-state index contributed by atoms with van der Waals surface area (Å²) in [5.41, 5.74) is 0.452. The second kappa shape index (κ2) is 11.3. The van der Waals surface area contributed by atoms with Gasteiger partial charge in [0.15, 0.2) is 0 Å². The van der Waals surface area contributed by atoms with Gasteiger partial charge >= 0.3 is 12.1 Å². The lowest BCUT2D eigenvalue weighted by atomic mass is 9.91. The summed E-state index contributed by atoms with van der Waals surface area (Å²) in [5, 5.41) is 11.9. The van der Waals surface area contributed by atoms with Gasteiger partial charge in [-0.15, -0.1) is 0 Å². The maximum Gasteiger partial charge on any atom is 0.408 e. The van der Waals surface area contributed by atoms with Gasteiger partial charge in [0, 0.05) is 6.61 Å². The zero-order chi connectivity index (χ0) is 22.1. The summed E-state index contributed by atoms with van der Waals surface area (Å²) >= 11 is 0. The van der Waals surface area contributed by atoms with E-state index in [1.165, 1.54) is 0 Å². The van der Waals surface area contributed by atoms with Gasteiger partial charge in [0.05, 0.1) is 18.8 Å². The minimum absolute atomic E-state index is 0.00388. The standard InChI is InChI=1S/C23H35NO6/c1-16(29-15-17-9-6-5-7-10-17)20-18(13-14-28-20)11-8-12-19(21(25)26)24-22(27)30-23(2,3)4/h5-7,9-10,16,18-20H,8,11-15H2,1-4H3,(H,24,27)(H,25,26)/t16-,18+,19?,20-/m0/s1. The lowest BCUT2D eigenvalue weighted by Gasteiger charge is -2.26. The average molecular weight is 422 g/mol. The molecule has 1 saturated heterocycles. The van der Waals surface area contributed by atoms with Gasteiger partial charge in [0.2, 0.25) is 0 Å². The highest BCUT2D eigenvalue weighted by Gasteiger charge is 2.33. The number of hydrogen-bond donors (Lipinski definition) is 2. The fourth-order valence-corrected chi connectivity index (χ4v) is 3.67. The lowest BCUT2D eigenvalue weighted by Crippen LogP contribution is -2.43. The van der Waals surface area contributed by atoms with Gasteiger partial charge < -0.3 is 24.6 Å². The number of ether oxygens (including phenoxy) is 3. The molecule has 1 unspecified atom stereocenters. The summed E-state index contributed by atoms with van der Waals surface area (Å²) in [6.45, 7) is 8.47. The van der Waals surface area contributed by atoms with E-state index in [1.807, 2.05) is 37.3 Å². The molecule has 1 fully saturated rings. The van der Waals surface area contributed by atoms with E-state index in [1.54, 1.807) is 20.8 Å². The number of amides is 1. The third-order valence-corrected chi connectivity index (χ3v) is 5.14. The highest BCUT2D eigenvalue weighted by Crippen LogP contribution is 2.30. The highest BCUT2D eigenvalue weighted by molar-refractivity contribution is 5.79. The summed E-state index contributed by atoms with van der Waals surface area (Å²) < 4.78 is 17.1. The Morgan fingerprint density at radius 2 is 1.97 bits per heavy atom. The third kappa shape index (κ3) is 8.32. The summed E-state index contributed by atoms with van der Waals surface area (Å²) in [5.74, 6) is -0.744. The van der Waals surface area contributed by atoms with Crippen LogP contribution in [0.1, 0.15) is 58.9 Å². The van der Waals surface area contributed by atoms with E-state index in [0.717, 1.165) is 18.4 Å². The molecule has 2 rings (SSSR count). The zero-order valence-corrected chi connectivity index (χ0v) is 18.4. The molecule has 4 atom stereocenters. The predicted molar refractivity (Wildman–Crippen MR) is 113 cm³/mol. The maximum atomic E-state index is 11.9. The normalized spacial score (nSPS) is 21.1. The summed E-state index contributed by atoms with van der Waals surface area (Å²) in [7, 11) is 0. The Balaban J connectivity index is 1.78. The van der Waals surface area contributed by atoms with Crippen LogP contribution < -0.4 is 5.32 Å². The largest absolute Gasteiger partial charge is 0.480 e. The Morgan fingerprint density at radius 1 is 1.27 bits per heavy atom. The number of nitrogens with one attached hydrogen (secondary N) is 1. The number of carbonyl (C=O) groups is 2. The minimum Gasteiger partial charge on any atom is -0.480 e. The van der Waals surface area contributed by atoms with Crippen LogP contribution >= 0.6 is 0 Å². The molecule has 0 bridgehead atoms. The highest BCUT2D eigenvalue weighted by atomic mass is 16.6. The fraction of sp³-hybridized carbons (Fsp3) is 0.652. The molecular formula is C23H35NO6.